The minimum absolute atomic E-state index is 0.0770. The smallest absolute Gasteiger partial charge is 0.342 e. The van der Waals surface area contributed by atoms with Crippen molar-refractivity contribution in [1.82, 2.24) is 14.5 Å². The maximum atomic E-state index is 13.6. The predicted octanol–water partition coefficient (Wildman–Crippen LogP) is 7.05. The Morgan fingerprint density at radius 2 is 1.63 bits per heavy atom. The SMILES string of the molecule is Cc1nc2cnccc2n1-c1ccc(C(=O)C(=Cc2ccccc2Cl)C(=O)OCc2ccccc2Cl)cc1. The molecule has 2 aromatic heterocycles. The van der Waals surface area contributed by atoms with Crippen molar-refractivity contribution >= 4 is 52.1 Å². The summed E-state index contributed by atoms with van der Waals surface area (Å²) in [4.78, 5) is 35.5. The Balaban J connectivity index is 1.47. The molecular weight excluding hydrogens is 521 g/mol. The van der Waals surface area contributed by atoms with Gasteiger partial charge in [0.2, 0.25) is 0 Å². The molecule has 0 unspecified atom stereocenters. The van der Waals surface area contributed by atoms with E-state index in [9.17, 15) is 9.59 Å². The number of fused-ring (bicyclic) bond motifs is 1. The van der Waals surface area contributed by atoms with E-state index in [1.807, 2.05) is 29.7 Å². The first kappa shape index (κ1) is 25.4. The number of pyridine rings is 1. The summed E-state index contributed by atoms with van der Waals surface area (Å²) >= 11 is 12.5. The van der Waals surface area contributed by atoms with E-state index in [0.29, 0.717) is 26.7 Å². The molecule has 2 heterocycles. The largest absolute Gasteiger partial charge is 0.457 e. The third kappa shape index (κ3) is 5.23. The summed E-state index contributed by atoms with van der Waals surface area (Å²) in [5.74, 6) is -0.477. The number of benzene rings is 3. The Labute approximate surface area is 229 Å². The number of hydrogen-bond acceptors (Lipinski definition) is 5. The van der Waals surface area contributed by atoms with E-state index >= 15 is 0 Å². The van der Waals surface area contributed by atoms with Crippen LogP contribution in [0.25, 0.3) is 22.8 Å². The van der Waals surface area contributed by atoms with Crippen LogP contribution < -0.4 is 0 Å². The lowest BCUT2D eigenvalue weighted by Crippen LogP contribution is -2.16. The molecule has 0 atom stereocenters. The second-order valence-electron chi connectivity index (χ2n) is 8.48. The van der Waals surface area contributed by atoms with Gasteiger partial charge in [-0.15, -0.1) is 0 Å². The van der Waals surface area contributed by atoms with Gasteiger partial charge in [-0.1, -0.05) is 59.6 Å². The zero-order chi connectivity index (χ0) is 26.6. The first-order valence-electron chi connectivity index (χ1n) is 11.7. The van der Waals surface area contributed by atoms with Crippen LogP contribution in [-0.2, 0) is 16.1 Å². The molecule has 0 aliphatic heterocycles. The maximum Gasteiger partial charge on any atom is 0.342 e. The molecule has 0 spiro atoms. The molecule has 0 saturated carbocycles. The van der Waals surface area contributed by atoms with Crippen molar-refractivity contribution in [1.29, 1.82) is 0 Å². The minimum Gasteiger partial charge on any atom is -0.457 e. The molecular formula is C30H21Cl2N3O3. The highest BCUT2D eigenvalue weighted by Gasteiger charge is 2.23. The molecule has 0 saturated heterocycles. The molecule has 6 nitrogen and oxygen atoms in total. The van der Waals surface area contributed by atoms with Gasteiger partial charge in [0, 0.05) is 33.1 Å². The lowest BCUT2D eigenvalue weighted by Gasteiger charge is -2.11. The molecule has 0 aliphatic carbocycles. The van der Waals surface area contributed by atoms with Crippen molar-refractivity contribution < 1.29 is 14.3 Å². The van der Waals surface area contributed by atoms with Gasteiger partial charge in [-0.25, -0.2) is 9.78 Å². The van der Waals surface area contributed by atoms with Crippen molar-refractivity contribution in [3.8, 4) is 5.69 Å². The first-order chi connectivity index (χ1) is 18.4. The van der Waals surface area contributed by atoms with Crippen LogP contribution in [0, 0.1) is 6.92 Å². The molecule has 0 aliphatic rings. The Morgan fingerprint density at radius 3 is 2.37 bits per heavy atom. The number of nitrogens with zero attached hydrogens (tertiary/aromatic N) is 3. The molecule has 5 rings (SSSR count). The highest BCUT2D eigenvalue weighted by Crippen LogP contribution is 2.24. The highest BCUT2D eigenvalue weighted by atomic mass is 35.5. The lowest BCUT2D eigenvalue weighted by atomic mass is 10.0. The average Bonchev–Trinajstić information content (AvgIpc) is 3.27. The fourth-order valence-corrected chi connectivity index (χ4v) is 4.48. The van der Waals surface area contributed by atoms with Crippen LogP contribution >= 0.6 is 23.2 Å². The molecule has 5 aromatic rings. The summed E-state index contributed by atoms with van der Waals surface area (Å²) in [5.41, 5.74) is 3.84. The summed E-state index contributed by atoms with van der Waals surface area (Å²) in [6.45, 7) is 1.82. The minimum atomic E-state index is -0.775. The summed E-state index contributed by atoms with van der Waals surface area (Å²) in [6, 6.07) is 22.8. The summed E-state index contributed by atoms with van der Waals surface area (Å²) in [6.07, 6.45) is 4.86. The Hall–Kier alpha value is -4.26. The van der Waals surface area contributed by atoms with Crippen molar-refractivity contribution in [2.75, 3.05) is 0 Å². The van der Waals surface area contributed by atoms with Crippen LogP contribution in [0.15, 0.2) is 96.8 Å². The molecule has 0 N–H and O–H groups in total. The van der Waals surface area contributed by atoms with Crippen molar-refractivity contribution in [2.45, 2.75) is 13.5 Å². The number of carbonyl (C=O) groups excluding carboxylic acids is 2. The number of aromatic nitrogens is 3. The highest BCUT2D eigenvalue weighted by molar-refractivity contribution is 6.33. The number of hydrogen-bond donors (Lipinski definition) is 0. The monoisotopic (exact) mass is 541 g/mol. The van der Waals surface area contributed by atoms with Crippen molar-refractivity contribution in [2.24, 2.45) is 0 Å². The number of Topliss-reactive ketones (excluding diaryl/α,β-unsaturated/α-hetero) is 1. The van der Waals surface area contributed by atoms with Gasteiger partial charge in [-0.2, -0.15) is 0 Å². The molecule has 188 valence electrons. The standard InChI is InChI=1S/C30H21Cl2N3O3/c1-19-34-27-17-33-15-14-28(27)35(19)23-12-10-20(11-13-23)29(36)24(16-21-6-2-4-8-25(21)31)30(37)38-18-22-7-3-5-9-26(22)32/h2-17H,18H2,1H3. The Bertz CT molecular complexity index is 1690. The zero-order valence-corrected chi connectivity index (χ0v) is 21.8. The topological polar surface area (TPSA) is 74.1 Å². The van der Waals surface area contributed by atoms with Gasteiger partial charge in [0.1, 0.15) is 23.5 Å². The molecule has 0 fully saturated rings. The van der Waals surface area contributed by atoms with Gasteiger partial charge in [-0.05, 0) is 61.0 Å². The van der Waals surface area contributed by atoms with Crippen LogP contribution in [-0.4, -0.2) is 26.3 Å². The van der Waals surface area contributed by atoms with Crippen LogP contribution in [0.3, 0.4) is 0 Å². The van der Waals surface area contributed by atoms with E-state index in [4.69, 9.17) is 27.9 Å². The van der Waals surface area contributed by atoms with Crippen LogP contribution in [0.2, 0.25) is 10.0 Å². The lowest BCUT2D eigenvalue weighted by molar-refractivity contribution is -0.139. The zero-order valence-electron chi connectivity index (χ0n) is 20.3. The predicted molar refractivity (Wildman–Crippen MR) is 149 cm³/mol. The fourth-order valence-electron chi connectivity index (χ4n) is 4.10. The Morgan fingerprint density at radius 1 is 0.921 bits per heavy atom. The number of ether oxygens (including phenoxy) is 1. The van der Waals surface area contributed by atoms with Gasteiger partial charge in [-0.3, -0.25) is 14.3 Å². The van der Waals surface area contributed by atoms with E-state index in [2.05, 4.69) is 9.97 Å². The second-order valence-corrected chi connectivity index (χ2v) is 9.30. The van der Waals surface area contributed by atoms with Gasteiger partial charge < -0.3 is 4.74 Å². The molecule has 8 heteroatoms. The number of aryl methyl sites for hydroxylation is 1. The number of carbonyl (C=O) groups is 2. The summed E-state index contributed by atoms with van der Waals surface area (Å²) in [5, 5.41) is 0.876. The normalized spacial score (nSPS) is 11.5. The van der Waals surface area contributed by atoms with Crippen LogP contribution in [0.5, 0.6) is 0 Å². The van der Waals surface area contributed by atoms with Gasteiger partial charge in [0.25, 0.3) is 0 Å². The molecule has 0 radical (unpaired) electrons. The van der Waals surface area contributed by atoms with Gasteiger partial charge in [0.15, 0.2) is 5.78 Å². The van der Waals surface area contributed by atoms with Crippen LogP contribution in [0.4, 0.5) is 0 Å². The fraction of sp³-hybridized carbons (Fsp3) is 0.0667. The van der Waals surface area contributed by atoms with E-state index in [1.165, 1.54) is 6.08 Å². The molecule has 3 aromatic carbocycles. The summed E-state index contributed by atoms with van der Waals surface area (Å²) in [7, 11) is 0. The third-order valence-electron chi connectivity index (χ3n) is 6.00. The summed E-state index contributed by atoms with van der Waals surface area (Å²) < 4.78 is 7.47. The van der Waals surface area contributed by atoms with E-state index in [0.717, 1.165) is 22.5 Å². The first-order valence-corrected chi connectivity index (χ1v) is 12.5. The maximum absolute atomic E-state index is 13.6. The molecule has 0 amide bonds. The van der Waals surface area contributed by atoms with Crippen molar-refractivity contribution in [3.05, 3.63) is 129 Å². The van der Waals surface area contributed by atoms with Gasteiger partial charge in [0.05, 0.1) is 11.7 Å². The number of esters is 1. The molecule has 0 bridgehead atoms. The number of ketones is 1. The average molecular weight is 542 g/mol. The number of imidazole rings is 1. The molecule has 38 heavy (non-hydrogen) atoms. The van der Waals surface area contributed by atoms with Gasteiger partial charge >= 0.3 is 5.97 Å². The van der Waals surface area contributed by atoms with E-state index in [1.54, 1.807) is 73.1 Å². The van der Waals surface area contributed by atoms with Crippen LogP contribution in [0.1, 0.15) is 27.3 Å². The number of halogens is 2. The van der Waals surface area contributed by atoms with E-state index < -0.39 is 11.8 Å². The number of rotatable bonds is 7. The van der Waals surface area contributed by atoms with Crippen molar-refractivity contribution in [3.63, 3.8) is 0 Å². The second kappa shape index (κ2) is 11.0. The Kier molecular flexibility index (Phi) is 7.36. The van der Waals surface area contributed by atoms with E-state index in [-0.39, 0.29) is 12.2 Å². The quantitative estimate of drug-likeness (QED) is 0.0725. The third-order valence-corrected chi connectivity index (χ3v) is 6.71.